The van der Waals surface area contributed by atoms with Crippen molar-refractivity contribution in [1.82, 2.24) is 29.8 Å². The van der Waals surface area contributed by atoms with E-state index in [2.05, 4.69) is 43.3 Å². The van der Waals surface area contributed by atoms with Crippen molar-refractivity contribution in [2.24, 2.45) is 0 Å². The van der Waals surface area contributed by atoms with E-state index in [1.807, 2.05) is 23.5 Å². The van der Waals surface area contributed by atoms with Crippen molar-refractivity contribution in [2.75, 3.05) is 37.0 Å². The molecule has 4 heterocycles. The highest BCUT2D eigenvalue weighted by molar-refractivity contribution is 5.49. The summed E-state index contributed by atoms with van der Waals surface area (Å²) >= 11 is 0. The first kappa shape index (κ1) is 16.4. The van der Waals surface area contributed by atoms with Crippen LogP contribution in [0.1, 0.15) is 49.0 Å². The average molecular weight is 364 g/mol. The highest BCUT2D eigenvalue weighted by Crippen LogP contribution is 2.39. The van der Waals surface area contributed by atoms with Gasteiger partial charge in [0.2, 0.25) is 0 Å². The Hall–Kier alpha value is -2.77. The monoisotopic (exact) mass is 364 g/mol. The summed E-state index contributed by atoms with van der Waals surface area (Å²) in [6, 6.07) is 6.21. The maximum Gasteiger partial charge on any atom is 0.177 e. The lowest BCUT2D eigenvalue weighted by Gasteiger charge is -2.32. The topological polar surface area (TPSA) is 75.3 Å². The van der Waals surface area contributed by atoms with Gasteiger partial charge >= 0.3 is 0 Å². The second-order valence-electron chi connectivity index (χ2n) is 7.75. The lowest BCUT2D eigenvalue weighted by Crippen LogP contribution is -2.34. The molecular formula is C19H24N8. The first-order valence-corrected chi connectivity index (χ1v) is 9.65. The molecule has 0 atom stereocenters. The molecule has 8 heteroatoms. The molecule has 0 unspecified atom stereocenters. The smallest absolute Gasteiger partial charge is 0.177 e. The van der Waals surface area contributed by atoms with Crippen LogP contribution >= 0.6 is 0 Å². The fourth-order valence-electron chi connectivity index (χ4n) is 3.79. The summed E-state index contributed by atoms with van der Waals surface area (Å²) in [5.74, 6) is 3.95. The third-order valence-electron chi connectivity index (χ3n) is 5.58. The summed E-state index contributed by atoms with van der Waals surface area (Å²) in [7, 11) is 4.00. The maximum atomic E-state index is 4.83. The maximum absolute atomic E-state index is 4.83. The highest BCUT2D eigenvalue weighted by atomic mass is 15.4. The molecule has 1 saturated heterocycles. The summed E-state index contributed by atoms with van der Waals surface area (Å²) < 4.78 is 1.98. The van der Waals surface area contributed by atoms with E-state index < -0.39 is 0 Å². The molecule has 140 valence electrons. The molecule has 3 aromatic rings. The second kappa shape index (κ2) is 6.44. The molecule has 0 radical (unpaired) electrons. The van der Waals surface area contributed by atoms with E-state index in [0.717, 1.165) is 49.0 Å². The van der Waals surface area contributed by atoms with Crippen molar-refractivity contribution >= 4 is 17.3 Å². The number of rotatable bonds is 4. The van der Waals surface area contributed by atoms with Gasteiger partial charge in [0.1, 0.15) is 18.0 Å². The van der Waals surface area contributed by atoms with Crippen LogP contribution in [0.2, 0.25) is 0 Å². The Balaban J connectivity index is 1.34. The molecule has 1 aliphatic heterocycles. The molecule has 0 spiro atoms. The number of aromatic nitrogens is 6. The van der Waals surface area contributed by atoms with Crippen molar-refractivity contribution in [1.29, 1.82) is 0 Å². The van der Waals surface area contributed by atoms with E-state index in [1.54, 1.807) is 6.33 Å². The molecule has 0 aromatic carbocycles. The predicted molar refractivity (Wildman–Crippen MR) is 103 cm³/mol. The van der Waals surface area contributed by atoms with Crippen LogP contribution in [0.25, 0.3) is 5.65 Å². The number of hydrogen-bond acceptors (Lipinski definition) is 7. The third-order valence-corrected chi connectivity index (χ3v) is 5.58. The van der Waals surface area contributed by atoms with Crippen LogP contribution in [0.5, 0.6) is 0 Å². The second-order valence-corrected chi connectivity index (χ2v) is 7.75. The van der Waals surface area contributed by atoms with Crippen LogP contribution in [0.15, 0.2) is 24.5 Å². The fourth-order valence-corrected chi connectivity index (χ4v) is 3.79. The number of fused-ring (bicyclic) bond motifs is 1. The van der Waals surface area contributed by atoms with Crippen LogP contribution in [0.3, 0.4) is 0 Å². The molecule has 8 nitrogen and oxygen atoms in total. The van der Waals surface area contributed by atoms with Gasteiger partial charge in [0.15, 0.2) is 11.5 Å². The predicted octanol–water partition coefficient (Wildman–Crippen LogP) is 2.24. The lowest BCUT2D eigenvalue weighted by atomic mass is 9.96. The standard InChI is InChI=1S/C19H24N8/c1-25(2)17-11-18(21-12-20-17)26-9-7-14(8-10-26)19-23-22-16-6-5-15(13-3-4-13)24-27(16)19/h5-6,11-14H,3-4,7-10H2,1-2H3. The minimum Gasteiger partial charge on any atom is -0.363 e. The Labute approximate surface area is 158 Å². The number of piperidine rings is 1. The van der Waals surface area contributed by atoms with Gasteiger partial charge in [-0.2, -0.15) is 9.61 Å². The molecule has 1 aliphatic carbocycles. The zero-order valence-corrected chi connectivity index (χ0v) is 15.8. The number of anilines is 2. The third kappa shape index (κ3) is 3.09. The van der Waals surface area contributed by atoms with Crippen molar-refractivity contribution in [3.05, 3.63) is 36.0 Å². The zero-order chi connectivity index (χ0) is 18.4. The van der Waals surface area contributed by atoms with Crippen LogP contribution in [-0.4, -0.2) is 57.0 Å². The molecular weight excluding hydrogens is 340 g/mol. The minimum atomic E-state index is 0.383. The average Bonchev–Trinajstić information content (AvgIpc) is 3.47. The van der Waals surface area contributed by atoms with E-state index in [-0.39, 0.29) is 0 Å². The van der Waals surface area contributed by atoms with Gasteiger partial charge in [-0.15, -0.1) is 10.2 Å². The first-order chi connectivity index (χ1) is 13.2. The molecule has 5 rings (SSSR count). The van der Waals surface area contributed by atoms with E-state index in [9.17, 15) is 0 Å². The molecule has 0 N–H and O–H groups in total. The Morgan fingerprint density at radius 2 is 1.78 bits per heavy atom. The van der Waals surface area contributed by atoms with Gasteiger partial charge < -0.3 is 9.80 Å². The Bertz CT molecular complexity index is 953. The first-order valence-electron chi connectivity index (χ1n) is 9.65. The van der Waals surface area contributed by atoms with Crippen molar-refractivity contribution in [2.45, 2.75) is 37.5 Å². The normalized spacial score (nSPS) is 18.2. The van der Waals surface area contributed by atoms with Gasteiger partial charge in [-0.1, -0.05) is 0 Å². The molecule has 1 saturated carbocycles. The van der Waals surface area contributed by atoms with Crippen molar-refractivity contribution in [3.8, 4) is 0 Å². The zero-order valence-electron chi connectivity index (χ0n) is 15.8. The highest BCUT2D eigenvalue weighted by Gasteiger charge is 2.28. The number of nitrogens with zero attached hydrogens (tertiary/aromatic N) is 8. The SMILES string of the molecule is CN(C)c1cc(N2CCC(c3nnc4ccc(C5CC5)nn34)CC2)ncn1. The summed E-state index contributed by atoms with van der Waals surface area (Å²) in [5, 5.41) is 13.6. The molecule has 2 fully saturated rings. The van der Waals surface area contributed by atoms with Gasteiger partial charge in [0.05, 0.1) is 5.69 Å². The van der Waals surface area contributed by atoms with Crippen LogP contribution in [0.4, 0.5) is 11.6 Å². The van der Waals surface area contributed by atoms with Gasteiger partial charge in [0.25, 0.3) is 0 Å². The van der Waals surface area contributed by atoms with E-state index >= 15 is 0 Å². The summed E-state index contributed by atoms with van der Waals surface area (Å²) in [5.41, 5.74) is 2.03. The lowest BCUT2D eigenvalue weighted by molar-refractivity contribution is 0.474. The van der Waals surface area contributed by atoms with E-state index in [0.29, 0.717) is 11.8 Å². The van der Waals surface area contributed by atoms with E-state index in [4.69, 9.17) is 5.10 Å². The van der Waals surface area contributed by atoms with Gasteiger partial charge in [-0.05, 0) is 37.8 Å². The molecule has 0 bridgehead atoms. The summed E-state index contributed by atoms with van der Waals surface area (Å²) in [6.07, 6.45) is 6.20. The summed E-state index contributed by atoms with van der Waals surface area (Å²) in [4.78, 5) is 13.1. The minimum absolute atomic E-state index is 0.383. The Morgan fingerprint density at radius 1 is 0.963 bits per heavy atom. The van der Waals surface area contributed by atoms with Crippen molar-refractivity contribution in [3.63, 3.8) is 0 Å². The molecule has 0 amide bonds. The van der Waals surface area contributed by atoms with Crippen LogP contribution in [0, 0.1) is 0 Å². The van der Waals surface area contributed by atoms with Gasteiger partial charge in [0, 0.05) is 45.1 Å². The Kier molecular flexibility index (Phi) is 3.91. The Morgan fingerprint density at radius 3 is 2.52 bits per heavy atom. The van der Waals surface area contributed by atoms with E-state index in [1.165, 1.54) is 18.5 Å². The quantitative estimate of drug-likeness (QED) is 0.703. The summed E-state index contributed by atoms with van der Waals surface area (Å²) in [6.45, 7) is 1.90. The molecule has 3 aromatic heterocycles. The molecule has 27 heavy (non-hydrogen) atoms. The van der Waals surface area contributed by atoms with Crippen LogP contribution < -0.4 is 9.80 Å². The largest absolute Gasteiger partial charge is 0.363 e. The van der Waals surface area contributed by atoms with Gasteiger partial charge in [-0.25, -0.2) is 9.97 Å². The van der Waals surface area contributed by atoms with Crippen LogP contribution in [-0.2, 0) is 0 Å². The van der Waals surface area contributed by atoms with Crippen molar-refractivity contribution < 1.29 is 0 Å². The molecule has 2 aliphatic rings. The van der Waals surface area contributed by atoms with Gasteiger partial charge in [-0.3, -0.25) is 0 Å². The fraction of sp³-hybridized carbons (Fsp3) is 0.526. The number of hydrogen-bond donors (Lipinski definition) is 0.